The topological polar surface area (TPSA) is 46.1 Å². The van der Waals surface area contributed by atoms with Crippen molar-refractivity contribution in [3.63, 3.8) is 0 Å². The minimum Gasteiger partial charge on any atom is -0.376 e. The minimum absolute atomic E-state index is 0. The van der Waals surface area contributed by atoms with E-state index in [9.17, 15) is 0 Å². The molecule has 6 heteroatoms. The average molecular weight is 397 g/mol. The van der Waals surface area contributed by atoms with Crippen LogP contribution in [0.25, 0.3) is 0 Å². The van der Waals surface area contributed by atoms with Crippen molar-refractivity contribution >= 4 is 29.9 Å². The van der Waals surface area contributed by atoms with Gasteiger partial charge in [-0.15, -0.1) is 24.0 Å². The maximum Gasteiger partial charge on any atom is 0.194 e. The molecule has 0 saturated carbocycles. The SMILES string of the molecule is CCNC(=NCC1COCCO1)N1CCCC(C)C1.I. The number of piperidine rings is 1. The molecule has 2 saturated heterocycles. The first kappa shape index (κ1) is 18.0. The van der Waals surface area contributed by atoms with Crippen LogP contribution < -0.4 is 5.32 Å². The van der Waals surface area contributed by atoms with Crippen molar-refractivity contribution in [1.82, 2.24) is 10.2 Å². The van der Waals surface area contributed by atoms with Gasteiger partial charge in [-0.25, -0.2) is 0 Å². The van der Waals surface area contributed by atoms with E-state index in [4.69, 9.17) is 14.5 Å². The summed E-state index contributed by atoms with van der Waals surface area (Å²) in [7, 11) is 0. The molecule has 118 valence electrons. The molecule has 0 aromatic carbocycles. The van der Waals surface area contributed by atoms with Crippen LogP contribution in [-0.4, -0.2) is 63.0 Å². The number of hydrogen-bond acceptors (Lipinski definition) is 3. The highest BCUT2D eigenvalue weighted by Gasteiger charge is 2.20. The average Bonchev–Trinajstić information content (AvgIpc) is 2.44. The Morgan fingerprint density at radius 3 is 2.90 bits per heavy atom. The van der Waals surface area contributed by atoms with Crippen LogP contribution in [0.5, 0.6) is 0 Å². The van der Waals surface area contributed by atoms with Gasteiger partial charge in [-0.1, -0.05) is 6.92 Å². The van der Waals surface area contributed by atoms with Crippen LogP contribution in [0, 0.1) is 5.92 Å². The molecule has 1 N–H and O–H groups in total. The Morgan fingerprint density at radius 2 is 2.25 bits per heavy atom. The van der Waals surface area contributed by atoms with Gasteiger partial charge in [0.2, 0.25) is 0 Å². The first-order valence-electron chi connectivity index (χ1n) is 7.52. The molecular formula is C14H28IN3O2. The van der Waals surface area contributed by atoms with Gasteiger partial charge in [0, 0.05) is 19.6 Å². The smallest absolute Gasteiger partial charge is 0.194 e. The first-order valence-corrected chi connectivity index (χ1v) is 7.52. The van der Waals surface area contributed by atoms with Crippen LogP contribution in [0.15, 0.2) is 4.99 Å². The van der Waals surface area contributed by atoms with Crippen molar-refractivity contribution in [2.45, 2.75) is 32.8 Å². The molecule has 0 aliphatic carbocycles. The van der Waals surface area contributed by atoms with Crippen LogP contribution in [0.2, 0.25) is 0 Å². The third kappa shape index (κ3) is 5.73. The Hall–Kier alpha value is -0.0800. The fourth-order valence-corrected chi connectivity index (χ4v) is 2.64. The second-order valence-corrected chi connectivity index (χ2v) is 5.46. The zero-order chi connectivity index (χ0) is 13.5. The molecule has 0 radical (unpaired) electrons. The van der Waals surface area contributed by atoms with Crippen LogP contribution in [-0.2, 0) is 9.47 Å². The van der Waals surface area contributed by atoms with E-state index in [2.05, 4.69) is 24.1 Å². The predicted molar refractivity (Wildman–Crippen MR) is 91.9 cm³/mol. The van der Waals surface area contributed by atoms with Crippen molar-refractivity contribution in [2.24, 2.45) is 10.9 Å². The van der Waals surface area contributed by atoms with E-state index in [1.807, 2.05) is 0 Å². The molecule has 0 bridgehead atoms. The number of nitrogens with one attached hydrogen (secondary N) is 1. The van der Waals surface area contributed by atoms with E-state index in [-0.39, 0.29) is 30.1 Å². The maximum absolute atomic E-state index is 5.64. The summed E-state index contributed by atoms with van der Waals surface area (Å²) in [4.78, 5) is 7.10. The summed E-state index contributed by atoms with van der Waals surface area (Å²) < 4.78 is 11.0. The zero-order valence-corrected chi connectivity index (χ0v) is 15.0. The van der Waals surface area contributed by atoms with Gasteiger partial charge in [0.1, 0.15) is 6.10 Å². The van der Waals surface area contributed by atoms with Crippen LogP contribution in [0.4, 0.5) is 0 Å². The summed E-state index contributed by atoms with van der Waals surface area (Å²) in [6, 6.07) is 0. The number of likely N-dealkylation sites (tertiary alicyclic amines) is 1. The monoisotopic (exact) mass is 397 g/mol. The molecule has 2 rings (SSSR count). The predicted octanol–water partition coefficient (Wildman–Crippen LogP) is 1.72. The number of nitrogens with zero attached hydrogens (tertiary/aromatic N) is 2. The van der Waals surface area contributed by atoms with Crippen molar-refractivity contribution in [1.29, 1.82) is 0 Å². The van der Waals surface area contributed by atoms with E-state index in [0.717, 1.165) is 31.5 Å². The van der Waals surface area contributed by atoms with Gasteiger partial charge >= 0.3 is 0 Å². The van der Waals surface area contributed by atoms with Crippen molar-refractivity contribution < 1.29 is 9.47 Å². The Bertz CT molecular complexity index is 296. The van der Waals surface area contributed by atoms with Gasteiger partial charge in [0.05, 0.1) is 26.4 Å². The normalized spacial score (nSPS) is 27.9. The number of halogens is 1. The molecule has 0 amide bonds. The number of rotatable bonds is 3. The van der Waals surface area contributed by atoms with Crippen LogP contribution >= 0.6 is 24.0 Å². The highest BCUT2D eigenvalue weighted by molar-refractivity contribution is 14.0. The van der Waals surface area contributed by atoms with E-state index in [1.165, 1.54) is 12.8 Å². The van der Waals surface area contributed by atoms with E-state index < -0.39 is 0 Å². The molecule has 2 fully saturated rings. The Kier molecular flexibility index (Phi) is 8.79. The molecule has 2 heterocycles. The minimum atomic E-state index is 0. The molecule has 0 spiro atoms. The lowest BCUT2D eigenvalue weighted by molar-refractivity contribution is -0.0833. The van der Waals surface area contributed by atoms with Gasteiger partial charge in [-0.05, 0) is 25.7 Å². The third-order valence-corrected chi connectivity index (χ3v) is 3.62. The quantitative estimate of drug-likeness (QED) is 0.448. The molecule has 2 unspecified atom stereocenters. The summed E-state index contributed by atoms with van der Waals surface area (Å²) in [5, 5.41) is 3.39. The van der Waals surface area contributed by atoms with Crippen molar-refractivity contribution in [3.8, 4) is 0 Å². The van der Waals surface area contributed by atoms with Crippen molar-refractivity contribution in [2.75, 3.05) is 46.0 Å². The zero-order valence-electron chi connectivity index (χ0n) is 12.6. The summed E-state index contributed by atoms with van der Waals surface area (Å²) in [5.74, 6) is 1.79. The highest BCUT2D eigenvalue weighted by atomic mass is 127. The molecule has 2 aliphatic rings. The second kappa shape index (κ2) is 9.78. The molecular weight excluding hydrogens is 369 g/mol. The first-order chi connectivity index (χ1) is 9.29. The summed E-state index contributed by atoms with van der Waals surface area (Å²) in [6.45, 7) is 10.3. The Labute approximate surface area is 139 Å². The van der Waals surface area contributed by atoms with Gasteiger partial charge in [-0.2, -0.15) is 0 Å². The number of ether oxygens (including phenoxy) is 2. The molecule has 20 heavy (non-hydrogen) atoms. The number of hydrogen-bond donors (Lipinski definition) is 1. The summed E-state index contributed by atoms with van der Waals surface area (Å²) >= 11 is 0. The van der Waals surface area contributed by atoms with E-state index in [0.29, 0.717) is 26.4 Å². The highest BCUT2D eigenvalue weighted by Crippen LogP contribution is 2.15. The number of aliphatic imine (C=N–C) groups is 1. The van der Waals surface area contributed by atoms with Gasteiger partial charge < -0.3 is 19.7 Å². The van der Waals surface area contributed by atoms with Gasteiger partial charge in [0.25, 0.3) is 0 Å². The Balaban J connectivity index is 0.00000200. The molecule has 0 aromatic heterocycles. The number of guanidine groups is 1. The van der Waals surface area contributed by atoms with Crippen LogP contribution in [0.1, 0.15) is 26.7 Å². The molecule has 5 nitrogen and oxygen atoms in total. The second-order valence-electron chi connectivity index (χ2n) is 5.46. The van der Waals surface area contributed by atoms with Gasteiger partial charge in [-0.3, -0.25) is 4.99 Å². The Morgan fingerprint density at radius 1 is 1.40 bits per heavy atom. The van der Waals surface area contributed by atoms with Crippen molar-refractivity contribution in [3.05, 3.63) is 0 Å². The largest absolute Gasteiger partial charge is 0.376 e. The lowest BCUT2D eigenvalue weighted by Gasteiger charge is -2.34. The van der Waals surface area contributed by atoms with E-state index >= 15 is 0 Å². The summed E-state index contributed by atoms with van der Waals surface area (Å²) in [6.07, 6.45) is 2.70. The van der Waals surface area contributed by atoms with Gasteiger partial charge in [0.15, 0.2) is 5.96 Å². The lowest BCUT2D eigenvalue weighted by Crippen LogP contribution is -2.46. The standard InChI is InChI=1S/C14H27N3O2.HI/c1-3-15-14(17-6-4-5-12(2)10-17)16-9-13-11-18-7-8-19-13;/h12-13H,3-11H2,1-2H3,(H,15,16);1H. The van der Waals surface area contributed by atoms with E-state index in [1.54, 1.807) is 0 Å². The molecule has 2 aliphatic heterocycles. The molecule has 0 aromatic rings. The lowest BCUT2D eigenvalue weighted by atomic mass is 10.0. The third-order valence-electron chi connectivity index (χ3n) is 3.62. The fraction of sp³-hybridized carbons (Fsp3) is 0.929. The van der Waals surface area contributed by atoms with Crippen LogP contribution in [0.3, 0.4) is 0 Å². The molecule has 2 atom stereocenters. The fourth-order valence-electron chi connectivity index (χ4n) is 2.64. The maximum atomic E-state index is 5.64. The summed E-state index contributed by atoms with van der Waals surface area (Å²) in [5.41, 5.74) is 0.